The van der Waals surface area contributed by atoms with E-state index >= 15 is 0 Å². The van der Waals surface area contributed by atoms with Crippen LogP contribution in [0.2, 0.25) is 0 Å². The summed E-state index contributed by atoms with van der Waals surface area (Å²) in [6.45, 7) is 0.120. The van der Waals surface area contributed by atoms with E-state index in [2.05, 4.69) is 0 Å². The van der Waals surface area contributed by atoms with Crippen molar-refractivity contribution in [2.24, 2.45) is 0 Å². The molecule has 0 radical (unpaired) electrons. The Balaban J connectivity index is 1.93. The molecule has 226 valence electrons. The second kappa shape index (κ2) is 12.6. The molecular weight excluding hydrogens is 600 g/mol. The van der Waals surface area contributed by atoms with E-state index in [0.29, 0.717) is 11.1 Å². The van der Waals surface area contributed by atoms with Crippen molar-refractivity contribution in [2.45, 2.75) is 6.61 Å². The molecule has 0 atom stereocenters. The molecule has 0 saturated carbocycles. The summed E-state index contributed by atoms with van der Waals surface area (Å²) < 4.78 is 77.0. The van der Waals surface area contributed by atoms with Crippen LogP contribution in [0.25, 0.3) is 22.3 Å². The van der Waals surface area contributed by atoms with Crippen molar-refractivity contribution in [1.82, 2.24) is 0 Å². The van der Waals surface area contributed by atoms with Crippen LogP contribution in [-0.4, -0.2) is 54.6 Å². The average Bonchev–Trinajstić information content (AvgIpc) is 2.95. The molecule has 4 aromatic rings. The highest BCUT2D eigenvalue weighted by atomic mass is 32.2. The SMILES string of the molecule is COc1cc(-c2ccc(C(=O)O)cc2)c(OC)c(OS(C)(=O)=O)c1-c1ccc(OCc2ccccc2)c(OS(C)(=O)=O)c1. The van der Waals surface area contributed by atoms with Crippen molar-refractivity contribution in [1.29, 1.82) is 0 Å². The minimum atomic E-state index is -4.13. The number of carboxylic acid groups (broad SMARTS) is 1. The van der Waals surface area contributed by atoms with Crippen LogP contribution >= 0.6 is 0 Å². The lowest BCUT2D eigenvalue weighted by Crippen LogP contribution is -2.10. The lowest BCUT2D eigenvalue weighted by atomic mass is 9.95. The van der Waals surface area contributed by atoms with Gasteiger partial charge in [-0.05, 0) is 47.0 Å². The first kappa shape index (κ1) is 31.2. The van der Waals surface area contributed by atoms with Crippen LogP contribution in [0, 0.1) is 0 Å². The summed E-state index contributed by atoms with van der Waals surface area (Å²) in [5, 5.41) is 9.28. The number of methoxy groups -OCH3 is 2. The van der Waals surface area contributed by atoms with Gasteiger partial charge in [0.1, 0.15) is 12.4 Å². The zero-order chi connectivity index (χ0) is 31.4. The van der Waals surface area contributed by atoms with Gasteiger partial charge in [0.05, 0.1) is 37.9 Å². The fourth-order valence-corrected chi connectivity index (χ4v) is 5.16. The maximum atomic E-state index is 12.4. The summed E-state index contributed by atoms with van der Waals surface area (Å²) in [6, 6.07) is 21.0. The van der Waals surface area contributed by atoms with Crippen molar-refractivity contribution in [3.8, 4) is 51.0 Å². The first-order chi connectivity index (χ1) is 20.3. The van der Waals surface area contributed by atoms with Gasteiger partial charge in [-0.25, -0.2) is 4.79 Å². The molecule has 0 spiro atoms. The molecule has 0 heterocycles. The molecule has 4 rings (SSSR count). The second-order valence-corrected chi connectivity index (χ2v) is 12.4. The molecule has 13 heteroatoms. The molecule has 0 aromatic heterocycles. The number of benzene rings is 4. The van der Waals surface area contributed by atoms with Crippen molar-refractivity contribution in [3.05, 3.63) is 90.0 Å². The summed E-state index contributed by atoms with van der Waals surface area (Å²) in [5.41, 5.74) is 2.08. The van der Waals surface area contributed by atoms with E-state index < -0.39 is 26.2 Å². The monoisotopic (exact) mass is 628 g/mol. The number of rotatable bonds is 12. The van der Waals surface area contributed by atoms with Gasteiger partial charge in [-0.15, -0.1) is 0 Å². The van der Waals surface area contributed by atoms with E-state index in [-0.39, 0.29) is 52.0 Å². The van der Waals surface area contributed by atoms with E-state index in [0.717, 1.165) is 18.1 Å². The molecule has 43 heavy (non-hydrogen) atoms. The summed E-state index contributed by atoms with van der Waals surface area (Å²) in [4.78, 5) is 11.3. The van der Waals surface area contributed by atoms with Gasteiger partial charge in [0.25, 0.3) is 0 Å². The zero-order valence-electron chi connectivity index (χ0n) is 23.6. The van der Waals surface area contributed by atoms with Crippen LogP contribution in [0.3, 0.4) is 0 Å². The summed E-state index contributed by atoms with van der Waals surface area (Å²) >= 11 is 0. The highest BCUT2D eigenvalue weighted by Gasteiger charge is 2.27. The molecule has 4 aromatic carbocycles. The molecule has 0 aliphatic heterocycles. The lowest BCUT2D eigenvalue weighted by Gasteiger charge is -2.21. The van der Waals surface area contributed by atoms with Crippen LogP contribution < -0.4 is 22.6 Å². The lowest BCUT2D eigenvalue weighted by molar-refractivity contribution is 0.0697. The highest BCUT2D eigenvalue weighted by molar-refractivity contribution is 7.86. The molecule has 0 aliphatic carbocycles. The molecule has 0 aliphatic rings. The van der Waals surface area contributed by atoms with Crippen LogP contribution in [0.15, 0.2) is 78.9 Å². The third-order valence-electron chi connectivity index (χ3n) is 6.01. The number of hydrogen-bond acceptors (Lipinski definition) is 10. The van der Waals surface area contributed by atoms with Gasteiger partial charge in [0.15, 0.2) is 23.0 Å². The zero-order valence-corrected chi connectivity index (χ0v) is 25.2. The molecule has 0 saturated heterocycles. The Bertz CT molecular complexity index is 1850. The van der Waals surface area contributed by atoms with Gasteiger partial charge in [-0.1, -0.05) is 48.5 Å². The number of aromatic carboxylic acids is 1. The first-order valence-electron chi connectivity index (χ1n) is 12.5. The standard InChI is InChI=1S/C30H28O11S2/c1-37-26-17-23(20-10-12-21(13-11-20)30(31)32)28(38-2)29(41-43(4,35)36)27(26)22-14-15-24(25(16-22)40-42(3,33)34)39-18-19-8-6-5-7-9-19/h5-17H,18H2,1-4H3,(H,31,32). The molecule has 1 N–H and O–H groups in total. The van der Waals surface area contributed by atoms with E-state index in [9.17, 15) is 26.7 Å². The molecule has 0 amide bonds. The Morgan fingerprint density at radius 3 is 1.88 bits per heavy atom. The molecule has 11 nitrogen and oxygen atoms in total. The Labute approximate surface area is 249 Å². The van der Waals surface area contributed by atoms with Gasteiger partial charge < -0.3 is 27.7 Å². The summed E-state index contributed by atoms with van der Waals surface area (Å²) in [7, 11) is -5.47. The molecule has 0 bridgehead atoms. The van der Waals surface area contributed by atoms with Gasteiger partial charge in [0, 0.05) is 5.56 Å². The topological polar surface area (TPSA) is 152 Å². The van der Waals surface area contributed by atoms with Gasteiger partial charge in [-0.3, -0.25) is 0 Å². The first-order valence-corrected chi connectivity index (χ1v) is 16.2. The van der Waals surface area contributed by atoms with E-state index in [1.165, 1.54) is 50.6 Å². The summed E-state index contributed by atoms with van der Waals surface area (Å²) in [6.07, 6.45) is 1.74. The number of carbonyl (C=O) groups is 1. The normalized spacial score (nSPS) is 11.4. The average molecular weight is 629 g/mol. The van der Waals surface area contributed by atoms with Gasteiger partial charge in [0.2, 0.25) is 0 Å². The second-order valence-electron chi connectivity index (χ2n) is 9.26. The number of carboxylic acids is 1. The molecular formula is C30H28O11S2. The van der Waals surface area contributed by atoms with Crippen LogP contribution in [0.5, 0.6) is 28.7 Å². The van der Waals surface area contributed by atoms with Crippen molar-refractivity contribution >= 4 is 26.2 Å². The van der Waals surface area contributed by atoms with Crippen LogP contribution in [0.4, 0.5) is 0 Å². The number of hydrogen-bond donors (Lipinski definition) is 1. The van der Waals surface area contributed by atoms with Crippen molar-refractivity contribution in [2.75, 3.05) is 26.7 Å². The van der Waals surface area contributed by atoms with E-state index in [1.807, 2.05) is 30.3 Å². The van der Waals surface area contributed by atoms with E-state index in [1.54, 1.807) is 12.1 Å². The summed E-state index contributed by atoms with van der Waals surface area (Å²) in [5.74, 6) is -1.26. The fourth-order valence-electron chi connectivity index (χ4n) is 4.24. The maximum Gasteiger partial charge on any atom is 0.335 e. The molecule has 0 fully saturated rings. The predicted octanol–water partition coefficient (Wildman–Crippen LogP) is 4.99. The van der Waals surface area contributed by atoms with Gasteiger partial charge in [-0.2, -0.15) is 16.8 Å². The minimum absolute atomic E-state index is 0.000662. The molecule has 0 unspecified atom stereocenters. The highest BCUT2D eigenvalue weighted by Crippen LogP contribution is 2.51. The Morgan fingerprint density at radius 1 is 0.698 bits per heavy atom. The predicted molar refractivity (Wildman–Crippen MR) is 159 cm³/mol. The number of ether oxygens (including phenoxy) is 3. The Morgan fingerprint density at radius 2 is 1.33 bits per heavy atom. The van der Waals surface area contributed by atoms with Crippen molar-refractivity contribution in [3.63, 3.8) is 0 Å². The third-order valence-corrected chi connectivity index (χ3v) is 6.96. The van der Waals surface area contributed by atoms with E-state index in [4.69, 9.17) is 22.6 Å². The minimum Gasteiger partial charge on any atom is -0.496 e. The van der Waals surface area contributed by atoms with Gasteiger partial charge >= 0.3 is 26.2 Å². The Kier molecular flexibility index (Phi) is 9.16. The maximum absolute atomic E-state index is 12.4. The van der Waals surface area contributed by atoms with Crippen LogP contribution in [-0.2, 0) is 26.8 Å². The largest absolute Gasteiger partial charge is 0.496 e. The smallest absolute Gasteiger partial charge is 0.335 e. The van der Waals surface area contributed by atoms with Crippen LogP contribution in [0.1, 0.15) is 15.9 Å². The van der Waals surface area contributed by atoms with Crippen molar-refractivity contribution < 1.29 is 49.3 Å². The quantitative estimate of drug-likeness (QED) is 0.211. The Hall–Kier alpha value is -4.75. The fraction of sp³-hybridized carbons (Fsp3) is 0.167. The third kappa shape index (κ3) is 7.76.